The summed E-state index contributed by atoms with van der Waals surface area (Å²) in [6.07, 6.45) is 7.27. The zero-order valence-electron chi connectivity index (χ0n) is 20.2. The lowest BCUT2D eigenvalue weighted by atomic mass is 9.93. The van der Waals surface area contributed by atoms with Crippen molar-refractivity contribution in [1.29, 1.82) is 0 Å². The zero-order valence-corrected chi connectivity index (χ0v) is 20.2. The molecular weight excluding hydrogens is 428 g/mol. The van der Waals surface area contributed by atoms with E-state index >= 15 is 0 Å². The number of nitrogens with zero attached hydrogens (tertiary/aromatic N) is 6. The van der Waals surface area contributed by atoms with E-state index in [4.69, 9.17) is 9.72 Å². The first kappa shape index (κ1) is 22.8. The third-order valence-electron chi connectivity index (χ3n) is 7.22. The van der Waals surface area contributed by atoms with E-state index in [0.717, 1.165) is 69.4 Å². The molecule has 2 aliphatic rings. The largest absolute Gasteiger partial charge is 0.465 e. The standard InChI is InChI=1S/C26H34N6O2/c1-3-34-26-29-23-16-19(2)4-5-24(23)32(26)22-9-14-31(15-10-22)25(33)21-7-12-30(13-8-21)18-20-6-11-27-28-17-20/h4-6,11,16-17,21-22H,3,7-10,12-15,18H2,1-2H3. The van der Waals surface area contributed by atoms with Crippen LogP contribution in [0.3, 0.4) is 0 Å². The van der Waals surface area contributed by atoms with Gasteiger partial charge in [0, 0.05) is 37.8 Å². The van der Waals surface area contributed by atoms with Gasteiger partial charge >= 0.3 is 0 Å². The minimum atomic E-state index is 0.138. The number of carbonyl (C=O) groups excluding carboxylic acids is 1. The molecule has 0 saturated carbocycles. The van der Waals surface area contributed by atoms with Gasteiger partial charge in [0.25, 0.3) is 6.01 Å². The molecule has 4 heterocycles. The molecule has 2 fully saturated rings. The van der Waals surface area contributed by atoms with Gasteiger partial charge in [-0.3, -0.25) is 14.3 Å². The van der Waals surface area contributed by atoms with Gasteiger partial charge in [0.2, 0.25) is 5.91 Å². The number of imidazole rings is 1. The highest BCUT2D eigenvalue weighted by Crippen LogP contribution is 2.33. The Kier molecular flexibility index (Phi) is 6.76. The van der Waals surface area contributed by atoms with Crippen molar-refractivity contribution in [2.45, 2.75) is 52.1 Å². The fourth-order valence-corrected chi connectivity index (χ4v) is 5.38. The average Bonchev–Trinajstić information content (AvgIpc) is 3.22. The van der Waals surface area contributed by atoms with Crippen LogP contribution < -0.4 is 4.74 Å². The first-order chi connectivity index (χ1) is 16.6. The van der Waals surface area contributed by atoms with E-state index in [1.807, 2.05) is 19.2 Å². The second-order valence-corrected chi connectivity index (χ2v) is 9.55. The lowest BCUT2D eigenvalue weighted by Gasteiger charge is -2.37. The summed E-state index contributed by atoms with van der Waals surface area (Å²) in [5.74, 6) is 0.472. The third-order valence-corrected chi connectivity index (χ3v) is 7.22. The van der Waals surface area contributed by atoms with Crippen molar-refractivity contribution in [2.75, 3.05) is 32.8 Å². The van der Waals surface area contributed by atoms with E-state index in [1.165, 1.54) is 11.1 Å². The van der Waals surface area contributed by atoms with Gasteiger partial charge in [-0.05, 0) is 81.9 Å². The van der Waals surface area contributed by atoms with E-state index in [-0.39, 0.29) is 5.92 Å². The van der Waals surface area contributed by atoms with Crippen LogP contribution in [0.1, 0.15) is 49.8 Å². The number of benzene rings is 1. The monoisotopic (exact) mass is 462 g/mol. The number of piperidine rings is 2. The Balaban J connectivity index is 1.18. The maximum absolute atomic E-state index is 13.3. The summed E-state index contributed by atoms with van der Waals surface area (Å²) in [5, 5.41) is 7.81. The molecule has 0 unspecified atom stereocenters. The lowest BCUT2D eigenvalue weighted by Crippen LogP contribution is -2.45. The predicted molar refractivity (Wildman–Crippen MR) is 131 cm³/mol. The Bertz CT molecular complexity index is 1120. The van der Waals surface area contributed by atoms with Crippen molar-refractivity contribution in [3.05, 3.63) is 47.8 Å². The molecule has 5 rings (SSSR count). The van der Waals surface area contributed by atoms with E-state index in [1.54, 1.807) is 6.20 Å². The van der Waals surface area contributed by atoms with Crippen LogP contribution in [0.25, 0.3) is 11.0 Å². The summed E-state index contributed by atoms with van der Waals surface area (Å²) in [5.41, 5.74) is 4.48. The van der Waals surface area contributed by atoms with Crippen molar-refractivity contribution >= 4 is 16.9 Å². The average molecular weight is 463 g/mol. The summed E-state index contributed by atoms with van der Waals surface area (Å²) in [7, 11) is 0. The molecule has 0 bridgehead atoms. The second kappa shape index (κ2) is 10.1. The first-order valence-electron chi connectivity index (χ1n) is 12.5. The molecule has 8 nitrogen and oxygen atoms in total. The number of rotatable bonds is 6. The number of fused-ring (bicyclic) bond motifs is 1. The molecule has 180 valence electrons. The van der Waals surface area contributed by atoms with Crippen molar-refractivity contribution in [1.82, 2.24) is 29.5 Å². The fraction of sp³-hybridized carbons (Fsp3) is 0.538. The van der Waals surface area contributed by atoms with Gasteiger partial charge in [-0.25, -0.2) is 0 Å². The summed E-state index contributed by atoms with van der Waals surface area (Å²) in [6, 6.07) is 9.40. The van der Waals surface area contributed by atoms with Gasteiger partial charge in [-0.15, -0.1) is 0 Å². The van der Waals surface area contributed by atoms with Gasteiger partial charge in [-0.1, -0.05) is 6.07 Å². The Morgan fingerprint density at radius 1 is 1.06 bits per heavy atom. The van der Waals surface area contributed by atoms with Crippen LogP contribution in [0.2, 0.25) is 0 Å². The molecule has 3 aromatic rings. The van der Waals surface area contributed by atoms with E-state index in [2.05, 4.69) is 49.7 Å². The number of amides is 1. The second-order valence-electron chi connectivity index (χ2n) is 9.55. The summed E-state index contributed by atoms with van der Waals surface area (Å²) in [4.78, 5) is 22.5. The Labute approximate surface area is 200 Å². The van der Waals surface area contributed by atoms with Crippen LogP contribution >= 0.6 is 0 Å². The molecule has 8 heteroatoms. The Hall–Kier alpha value is -3.00. The molecule has 2 aliphatic heterocycles. The Morgan fingerprint density at radius 3 is 2.56 bits per heavy atom. The van der Waals surface area contributed by atoms with Gasteiger partial charge in [0.05, 0.1) is 23.8 Å². The molecule has 0 radical (unpaired) electrons. The summed E-state index contributed by atoms with van der Waals surface area (Å²) in [6.45, 7) is 9.05. The van der Waals surface area contributed by atoms with Gasteiger partial charge in [0.1, 0.15) is 0 Å². The highest BCUT2D eigenvalue weighted by Gasteiger charge is 2.32. The van der Waals surface area contributed by atoms with Crippen molar-refractivity contribution in [3.8, 4) is 6.01 Å². The van der Waals surface area contributed by atoms with Crippen molar-refractivity contribution < 1.29 is 9.53 Å². The topological polar surface area (TPSA) is 76.4 Å². The predicted octanol–water partition coefficient (Wildman–Crippen LogP) is 3.61. The molecule has 1 aromatic carbocycles. The number of likely N-dealkylation sites (tertiary alicyclic amines) is 2. The summed E-state index contributed by atoms with van der Waals surface area (Å²) < 4.78 is 8.15. The molecule has 0 aliphatic carbocycles. The minimum Gasteiger partial charge on any atom is -0.465 e. The van der Waals surface area contributed by atoms with Crippen molar-refractivity contribution in [3.63, 3.8) is 0 Å². The highest BCUT2D eigenvalue weighted by atomic mass is 16.5. The van der Waals surface area contributed by atoms with Gasteiger partial charge in [0.15, 0.2) is 0 Å². The normalized spacial score (nSPS) is 18.5. The molecule has 0 N–H and O–H groups in total. The fourth-order valence-electron chi connectivity index (χ4n) is 5.38. The molecule has 0 atom stereocenters. The number of aryl methyl sites for hydroxylation is 1. The smallest absolute Gasteiger partial charge is 0.297 e. The van der Waals surface area contributed by atoms with Crippen LogP contribution in [-0.4, -0.2) is 68.2 Å². The maximum atomic E-state index is 13.3. The SMILES string of the molecule is CCOc1nc2cc(C)ccc2n1C1CCN(C(=O)C2CCN(Cc3ccnnc3)CC2)CC1. The first-order valence-corrected chi connectivity index (χ1v) is 12.5. The number of hydrogen-bond acceptors (Lipinski definition) is 6. The number of hydrogen-bond donors (Lipinski definition) is 0. The van der Waals surface area contributed by atoms with Gasteiger partial charge in [-0.2, -0.15) is 15.2 Å². The molecule has 2 saturated heterocycles. The van der Waals surface area contributed by atoms with Crippen molar-refractivity contribution in [2.24, 2.45) is 5.92 Å². The third kappa shape index (κ3) is 4.78. The quantitative estimate of drug-likeness (QED) is 0.557. The zero-order chi connectivity index (χ0) is 23.5. The van der Waals surface area contributed by atoms with E-state index in [0.29, 0.717) is 24.6 Å². The van der Waals surface area contributed by atoms with Crippen LogP contribution in [-0.2, 0) is 11.3 Å². The highest BCUT2D eigenvalue weighted by molar-refractivity contribution is 5.79. The van der Waals surface area contributed by atoms with Crippen LogP contribution in [0.5, 0.6) is 6.01 Å². The van der Waals surface area contributed by atoms with Crippen LogP contribution in [0.4, 0.5) is 0 Å². The number of ether oxygens (including phenoxy) is 1. The molecule has 2 aromatic heterocycles. The van der Waals surface area contributed by atoms with E-state index in [9.17, 15) is 4.79 Å². The minimum absolute atomic E-state index is 0.138. The molecular formula is C26H34N6O2. The van der Waals surface area contributed by atoms with Gasteiger partial charge < -0.3 is 9.64 Å². The number of carbonyl (C=O) groups is 1. The molecule has 1 amide bonds. The number of aromatic nitrogens is 4. The molecule has 0 spiro atoms. The van der Waals surface area contributed by atoms with Crippen LogP contribution in [0, 0.1) is 12.8 Å². The molecule has 34 heavy (non-hydrogen) atoms. The lowest BCUT2D eigenvalue weighted by molar-refractivity contribution is -0.138. The Morgan fingerprint density at radius 2 is 1.85 bits per heavy atom. The summed E-state index contributed by atoms with van der Waals surface area (Å²) >= 11 is 0. The van der Waals surface area contributed by atoms with E-state index < -0.39 is 0 Å². The maximum Gasteiger partial charge on any atom is 0.297 e. The van der Waals surface area contributed by atoms with Crippen LogP contribution in [0.15, 0.2) is 36.7 Å².